The number of ether oxygens (including phenoxy) is 1. The van der Waals surface area contributed by atoms with Crippen LogP contribution in [0.1, 0.15) is 103 Å². The summed E-state index contributed by atoms with van der Waals surface area (Å²) < 4.78 is 10.1. The highest BCUT2D eigenvalue weighted by atomic mass is 35.5. The van der Waals surface area contributed by atoms with Gasteiger partial charge in [-0.05, 0) is 77.1 Å². The van der Waals surface area contributed by atoms with E-state index in [1.807, 2.05) is 63.2 Å². The molecular formula is C48H57ClN5O6. The molecule has 0 spiro atoms. The van der Waals surface area contributed by atoms with Gasteiger partial charge in [0.05, 0.1) is 24.5 Å². The van der Waals surface area contributed by atoms with Crippen LogP contribution >= 0.6 is 11.6 Å². The molecule has 1 atom stereocenters. The third-order valence-corrected chi connectivity index (χ3v) is 12.1. The fraction of sp³-hybridized carbons (Fsp3) is 0.396. The van der Waals surface area contributed by atoms with E-state index in [4.69, 9.17) is 22.1 Å². The van der Waals surface area contributed by atoms with Gasteiger partial charge in [0.1, 0.15) is 5.75 Å². The van der Waals surface area contributed by atoms with Gasteiger partial charge >= 0.3 is 11.4 Å². The highest BCUT2D eigenvalue weighted by molar-refractivity contribution is 6.47. The molecule has 4 aromatic carbocycles. The number of para-hydroxylation sites is 2. The van der Waals surface area contributed by atoms with Crippen LogP contribution < -0.4 is 27.2 Å². The average Bonchev–Trinajstić information content (AvgIpc) is 3.45. The Hall–Kier alpha value is -5.68. The Morgan fingerprint density at radius 2 is 1.28 bits per heavy atom. The van der Waals surface area contributed by atoms with E-state index in [1.54, 1.807) is 74.5 Å². The summed E-state index contributed by atoms with van der Waals surface area (Å²) in [6.45, 7) is 15.3. The Balaban J connectivity index is 1.74. The van der Waals surface area contributed by atoms with Crippen molar-refractivity contribution in [1.82, 2.24) is 19.2 Å². The first-order chi connectivity index (χ1) is 28.3. The van der Waals surface area contributed by atoms with Crippen molar-refractivity contribution in [2.24, 2.45) is 11.1 Å². The average molecular weight is 835 g/mol. The quantitative estimate of drug-likeness (QED) is 0.0506. The van der Waals surface area contributed by atoms with Crippen molar-refractivity contribution in [3.05, 3.63) is 146 Å². The van der Waals surface area contributed by atoms with Crippen LogP contribution in [0.25, 0.3) is 5.69 Å². The fourth-order valence-corrected chi connectivity index (χ4v) is 7.68. The maximum absolute atomic E-state index is 15.6. The third kappa shape index (κ3) is 9.52. The highest BCUT2D eigenvalue weighted by Crippen LogP contribution is 2.48. The van der Waals surface area contributed by atoms with Crippen LogP contribution in [0.3, 0.4) is 0 Å². The first-order valence-electron chi connectivity index (χ1n) is 20.5. The maximum Gasteiger partial charge on any atom is 0.351 e. The second-order valence-corrected chi connectivity index (χ2v) is 17.8. The number of primary amides is 1. The van der Waals surface area contributed by atoms with Crippen LogP contribution in [0.2, 0.25) is 0 Å². The maximum atomic E-state index is 15.6. The topological polar surface area (TPSA) is 149 Å². The summed E-state index contributed by atoms with van der Waals surface area (Å²) in [6.07, 6.45) is 1.80. The van der Waals surface area contributed by atoms with E-state index in [1.165, 1.54) is 9.36 Å². The van der Waals surface area contributed by atoms with E-state index < -0.39 is 56.6 Å². The second kappa shape index (κ2) is 18.3. The molecular weight excluding hydrogens is 778 g/mol. The number of amides is 2. The molecule has 0 fully saturated rings. The number of carbonyl (C=O) groups is 3. The van der Waals surface area contributed by atoms with Gasteiger partial charge in [-0.25, -0.2) is 24.2 Å². The lowest BCUT2D eigenvalue weighted by atomic mass is 9.69. The van der Waals surface area contributed by atoms with Gasteiger partial charge in [-0.3, -0.25) is 14.4 Å². The summed E-state index contributed by atoms with van der Waals surface area (Å²) in [5.41, 5.74) is 4.72. The van der Waals surface area contributed by atoms with Crippen molar-refractivity contribution < 1.29 is 19.1 Å². The van der Waals surface area contributed by atoms with E-state index >= 15 is 4.79 Å². The van der Waals surface area contributed by atoms with Gasteiger partial charge in [0.2, 0.25) is 10.8 Å². The van der Waals surface area contributed by atoms with Crippen LogP contribution in [0, 0.1) is 5.41 Å². The van der Waals surface area contributed by atoms with Gasteiger partial charge < -0.3 is 10.5 Å². The van der Waals surface area contributed by atoms with E-state index in [0.717, 1.165) is 22.1 Å². The lowest BCUT2D eigenvalue weighted by Crippen LogP contribution is -2.51. The number of rotatable bonds is 19. The first-order valence-corrected chi connectivity index (χ1v) is 20.8. The first kappa shape index (κ1) is 45.4. The van der Waals surface area contributed by atoms with E-state index in [-0.39, 0.29) is 25.1 Å². The number of aromatic nitrogens is 3. The van der Waals surface area contributed by atoms with Gasteiger partial charge in [0, 0.05) is 23.9 Å². The van der Waals surface area contributed by atoms with Crippen molar-refractivity contribution in [3.8, 4) is 11.4 Å². The number of benzene rings is 4. The monoisotopic (exact) mass is 834 g/mol. The molecule has 0 aliphatic carbocycles. The van der Waals surface area contributed by atoms with Crippen LogP contribution in [-0.2, 0) is 43.2 Å². The molecule has 2 N–H and O–H groups in total. The Morgan fingerprint density at radius 1 is 0.733 bits per heavy atom. The zero-order valence-corrected chi connectivity index (χ0v) is 36.7. The smallest absolute Gasteiger partial charge is 0.351 e. The molecule has 0 aliphatic rings. The molecule has 60 heavy (non-hydrogen) atoms. The molecule has 2 amide bonds. The van der Waals surface area contributed by atoms with Gasteiger partial charge in [-0.15, -0.1) is 0 Å². The Morgan fingerprint density at radius 3 is 1.85 bits per heavy atom. The molecule has 5 rings (SSSR count). The summed E-state index contributed by atoms with van der Waals surface area (Å²) in [4.78, 5) is 68.6. The molecule has 317 valence electrons. The van der Waals surface area contributed by atoms with Crippen molar-refractivity contribution in [2.45, 2.75) is 110 Å². The van der Waals surface area contributed by atoms with Crippen LogP contribution in [0.15, 0.2) is 113 Å². The number of ketones is 1. The van der Waals surface area contributed by atoms with E-state index in [0.29, 0.717) is 35.5 Å². The molecule has 1 radical (unpaired) electrons. The zero-order valence-electron chi connectivity index (χ0n) is 36.0. The molecule has 0 bridgehead atoms. The number of hydrogen-bond donors (Lipinski definition) is 1. The van der Waals surface area contributed by atoms with Gasteiger partial charge in [-0.2, -0.15) is 4.68 Å². The Bertz CT molecular complexity index is 2430. The summed E-state index contributed by atoms with van der Waals surface area (Å²) in [5.74, 6) is -1.75. The zero-order chi connectivity index (χ0) is 44.0. The number of alkyl halides is 1. The Labute approximate surface area is 357 Å². The summed E-state index contributed by atoms with van der Waals surface area (Å²) >= 11 is 7.74. The van der Waals surface area contributed by atoms with Crippen LogP contribution in [-0.4, -0.2) is 38.1 Å². The SMILES string of the molecule is CCC(C)(C)c1cc(C(C)(C)CC)c(C(Cl)(C(=O)[N]c2ccccc2)C(=O)C(C)(C)Cn2c(=O)n(Cc3ccccc3)n(-c3ccccc3)c2=O)cc1OCCCC(N)=O. The molecule has 11 nitrogen and oxygen atoms in total. The number of Topliss-reactive ketones (excluding diaryl/α,β-unsaturated/α-hetero) is 1. The van der Waals surface area contributed by atoms with Crippen molar-refractivity contribution in [2.75, 3.05) is 6.61 Å². The third-order valence-electron chi connectivity index (χ3n) is 11.6. The normalized spacial score (nSPS) is 13.1. The number of nitrogens with zero attached hydrogens (tertiary/aromatic N) is 4. The molecule has 12 heteroatoms. The second-order valence-electron chi connectivity index (χ2n) is 17.3. The van der Waals surface area contributed by atoms with Crippen LogP contribution in [0.4, 0.5) is 5.69 Å². The Kier molecular flexibility index (Phi) is 13.8. The molecule has 0 saturated heterocycles. The minimum atomic E-state index is -2.46. The highest BCUT2D eigenvalue weighted by Gasteiger charge is 2.55. The van der Waals surface area contributed by atoms with Gasteiger partial charge in [-0.1, -0.05) is 140 Å². The standard InChI is InChI=1S/C48H57ClN5O6/c1-9-45(3,4)36-29-38(46(5,6)10-2)39(60-28-20-27-40(50)55)30-37(36)48(49,42(57)51-34-23-16-12-17-24-34)41(56)47(7,8)32-52-43(58)53(31-33-21-14-11-15-22-33)54(44(52)59)35-25-18-13-19-26-35/h11-19,21-26,29-30H,9-10,20,27-28,31-32H2,1-8H3,(H2,50,55). The largest absolute Gasteiger partial charge is 0.493 e. The van der Waals surface area contributed by atoms with Gasteiger partial charge in [0.15, 0.2) is 5.78 Å². The predicted octanol–water partition coefficient (Wildman–Crippen LogP) is 8.06. The fourth-order valence-electron chi connectivity index (χ4n) is 7.22. The number of hydrogen-bond acceptors (Lipinski definition) is 6. The minimum Gasteiger partial charge on any atom is -0.493 e. The van der Waals surface area contributed by atoms with Crippen molar-refractivity contribution >= 4 is 34.9 Å². The van der Waals surface area contributed by atoms with Crippen molar-refractivity contribution in [3.63, 3.8) is 0 Å². The van der Waals surface area contributed by atoms with Crippen molar-refractivity contribution in [1.29, 1.82) is 0 Å². The minimum absolute atomic E-state index is 0.0806. The van der Waals surface area contributed by atoms with E-state index in [9.17, 15) is 19.2 Å². The predicted molar refractivity (Wildman–Crippen MR) is 236 cm³/mol. The van der Waals surface area contributed by atoms with Crippen LogP contribution in [0.5, 0.6) is 5.75 Å². The molecule has 0 saturated carbocycles. The van der Waals surface area contributed by atoms with Gasteiger partial charge in [0.25, 0.3) is 5.91 Å². The molecule has 1 unspecified atom stereocenters. The molecule has 1 aromatic heterocycles. The molecule has 5 aromatic rings. The molecule has 1 heterocycles. The summed E-state index contributed by atoms with van der Waals surface area (Å²) in [5, 5.41) is 4.43. The molecule has 0 aliphatic heterocycles. The number of nitrogens with two attached hydrogens (primary N) is 1. The summed E-state index contributed by atoms with van der Waals surface area (Å²) in [7, 11) is 0. The summed E-state index contributed by atoms with van der Waals surface area (Å²) in [6, 6.07) is 30.3. The number of carbonyl (C=O) groups excluding carboxylic acids is 3. The number of halogens is 1. The lowest BCUT2D eigenvalue weighted by Gasteiger charge is -2.38. The lowest BCUT2D eigenvalue weighted by molar-refractivity contribution is -0.138. The van der Waals surface area contributed by atoms with E-state index in [2.05, 4.69) is 26.1 Å².